The van der Waals surface area contributed by atoms with Crippen molar-refractivity contribution in [3.63, 3.8) is 0 Å². The fourth-order valence-electron chi connectivity index (χ4n) is 1.41. The van der Waals surface area contributed by atoms with Crippen LogP contribution in [0.3, 0.4) is 0 Å². The van der Waals surface area contributed by atoms with E-state index in [1.165, 1.54) is 0 Å². The molecule has 0 saturated carbocycles. The van der Waals surface area contributed by atoms with Crippen LogP contribution in [0.25, 0.3) is 0 Å². The van der Waals surface area contributed by atoms with Crippen LogP contribution in [-0.2, 0) is 4.74 Å². The Hall–Kier alpha value is -0.870. The number of alkyl halides is 1. The molecular formula is C12H16BrNO2. The second-order valence-corrected chi connectivity index (χ2v) is 4.90. The third kappa shape index (κ3) is 3.94. The number of halogens is 1. The zero-order valence-electron chi connectivity index (χ0n) is 9.52. The summed E-state index contributed by atoms with van der Waals surface area (Å²) >= 11 is 3.46. The lowest BCUT2D eigenvalue weighted by Crippen LogP contribution is -2.33. The van der Waals surface area contributed by atoms with E-state index in [9.17, 15) is 4.79 Å². The van der Waals surface area contributed by atoms with Crippen LogP contribution in [0.1, 0.15) is 10.4 Å². The van der Waals surface area contributed by atoms with Gasteiger partial charge >= 0.3 is 0 Å². The predicted molar refractivity (Wildman–Crippen MR) is 68.0 cm³/mol. The van der Waals surface area contributed by atoms with Crippen molar-refractivity contribution in [1.82, 2.24) is 4.90 Å². The van der Waals surface area contributed by atoms with Gasteiger partial charge in [-0.25, -0.2) is 0 Å². The summed E-state index contributed by atoms with van der Waals surface area (Å²) in [5.41, 5.74) is 0.710. The quantitative estimate of drug-likeness (QED) is 0.776. The van der Waals surface area contributed by atoms with Gasteiger partial charge in [0.25, 0.3) is 5.91 Å². The lowest BCUT2D eigenvalue weighted by molar-refractivity contribution is 0.0784. The number of carbonyl (C=O) groups excluding carboxylic acids is 1. The van der Waals surface area contributed by atoms with E-state index in [1.807, 2.05) is 30.3 Å². The molecule has 0 bridgehead atoms. The Morgan fingerprint density at radius 1 is 1.44 bits per heavy atom. The number of benzene rings is 1. The van der Waals surface area contributed by atoms with E-state index in [2.05, 4.69) is 15.9 Å². The third-order valence-corrected chi connectivity index (χ3v) is 2.74. The van der Waals surface area contributed by atoms with Gasteiger partial charge in [0, 0.05) is 26.3 Å². The van der Waals surface area contributed by atoms with E-state index < -0.39 is 0 Å². The van der Waals surface area contributed by atoms with Crippen molar-refractivity contribution in [3.05, 3.63) is 35.9 Å². The van der Waals surface area contributed by atoms with Crippen LogP contribution in [0.4, 0.5) is 0 Å². The monoisotopic (exact) mass is 285 g/mol. The molecule has 16 heavy (non-hydrogen) atoms. The predicted octanol–water partition coefficient (Wildman–Crippen LogP) is 2.17. The molecule has 1 unspecified atom stereocenters. The normalized spacial score (nSPS) is 12.2. The summed E-state index contributed by atoms with van der Waals surface area (Å²) in [4.78, 5) is 13.8. The Balaban J connectivity index is 2.55. The van der Waals surface area contributed by atoms with Gasteiger partial charge in [-0.1, -0.05) is 34.1 Å². The van der Waals surface area contributed by atoms with Crippen molar-refractivity contribution in [1.29, 1.82) is 0 Å². The van der Waals surface area contributed by atoms with E-state index in [-0.39, 0.29) is 10.7 Å². The van der Waals surface area contributed by atoms with Crippen molar-refractivity contribution in [3.8, 4) is 0 Å². The smallest absolute Gasteiger partial charge is 0.253 e. The summed E-state index contributed by atoms with van der Waals surface area (Å²) in [6.07, 6.45) is 0. The van der Waals surface area contributed by atoms with Crippen molar-refractivity contribution >= 4 is 21.8 Å². The lowest BCUT2D eigenvalue weighted by atomic mass is 10.2. The maximum absolute atomic E-state index is 11.9. The number of amides is 1. The molecule has 1 amide bonds. The van der Waals surface area contributed by atoms with Crippen molar-refractivity contribution < 1.29 is 9.53 Å². The van der Waals surface area contributed by atoms with Gasteiger partial charge in [0.05, 0.1) is 11.4 Å². The minimum atomic E-state index is 0.0288. The van der Waals surface area contributed by atoms with Crippen LogP contribution in [0.2, 0.25) is 0 Å². The molecule has 0 aromatic heterocycles. The third-order valence-electron chi connectivity index (χ3n) is 2.19. The Labute approximate surface area is 105 Å². The average molecular weight is 286 g/mol. The second-order valence-electron chi connectivity index (χ2n) is 3.60. The molecule has 0 spiro atoms. The highest BCUT2D eigenvalue weighted by atomic mass is 79.9. The molecule has 0 aliphatic rings. The molecule has 0 aliphatic carbocycles. The van der Waals surface area contributed by atoms with Gasteiger partial charge in [0.1, 0.15) is 0 Å². The molecule has 4 heteroatoms. The van der Waals surface area contributed by atoms with Gasteiger partial charge in [0.15, 0.2) is 0 Å². The lowest BCUT2D eigenvalue weighted by Gasteiger charge is -2.20. The van der Waals surface area contributed by atoms with E-state index in [1.54, 1.807) is 19.1 Å². The number of carbonyl (C=O) groups is 1. The summed E-state index contributed by atoms with van der Waals surface area (Å²) in [5.74, 6) is 0.0288. The number of hydrogen-bond donors (Lipinski definition) is 0. The highest BCUT2D eigenvalue weighted by Gasteiger charge is 2.14. The number of methoxy groups -OCH3 is 1. The zero-order chi connectivity index (χ0) is 12.0. The zero-order valence-corrected chi connectivity index (χ0v) is 11.1. The van der Waals surface area contributed by atoms with Crippen LogP contribution >= 0.6 is 15.9 Å². The van der Waals surface area contributed by atoms with Gasteiger partial charge in [-0.2, -0.15) is 0 Å². The standard InChI is InChI=1S/C12H16BrNO2/c1-14(8-11(13)9-16-2)12(15)10-6-4-3-5-7-10/h3-7,11H,8-9H2,1-2H3. The first-order valence-corrected chi connectivity index (χ1v) is 6.00. The Morgan fingerprint density at radius 2 is 2.06 bits per heavy atom. The second kappa shape index (κ2) is 6.66. The average Bonchev–Trinajstić information content (AvgIpc) is 2.29. The van der Waals surface area contributed by atoms with Crippen LogP contribution in [-0.4, -0.2) is 42.9 Å². The summed E-state index contributed by atoms with van der Waals surface area (Å²) in [6, 6.07) is 9.26. The van der Waals surface area contributed by atoms with Gasteiger partial charge in [-0.05, 0) is 12.1 Å². The Bertz CT molecular complexity index is 329. The van der Waals surface area contributed by atoms with E-state index in [0.29, 0.717) is 18.7 Å². The maximum atomic E-state index is 11.9. The molecule has 0 fully saturated rings. The number of nitrogens with zero attached hydrogens (tertiary/aromatic N) is 1. The highest BCUT2D eigenvalue weighted by Crippen LogP contribution is 2.07. The minimum absolute atomic E-state index is 0.0288. The van der Waals surface area contributed by atoms with Crippen LogP contribution in [0, 0.1) is 0 Å². The van der Waals surface area contributed by atoms with E-state index in [4.69, 9.17) is 4.74 Å². The SMILES string of the molecule is COCC(Br)CN(C)C(=O)c1ccccc1. The minimum Gasteiger partial charge on any atom is -0.383 e. The summed E-state index contributed by atoms with van der Waals surface area (Å²) in [6.45, 7) is 1.22. The van der Waals surface area contributed by atoms with Crippen molar-refractivity contribution in [2.45, 2.75) is 4.83 Å². The molecule has 1 aromatic carbocycles. The molecule has 0 radical (unpaired) electrons. The Morgan fingerprint density at radius 3 is 2.62 bits per heavy atom. The summed E-state index contributed by atoms with van der Waals surface area (Å²) < 4.78 is 5.01. The summed E-state index contributed by atoms with van der Waals surface area (Å²) in [5, 5.41) is 0. The number of rotatable bonds is 5. The van der Waals surface area contributed by atoms with Crippen LogP contribution in [0.5, 0.6) is 0 Å². The van der Waals surface area contributed by atoms with Crippen LogP contribution in [0.15, 0.2) is 30.3 Å². The Kier molecular flexibility index (Phi) is 5.49. The van der Waals surface area contributed by atoms with Crippen LogP contribution < -0.4 is 0 Å². The molecular weight excluding hydrogens is 270 g/mol. The van der Waals surface area contributed by atoms with Crippen molar-refractivity contribution in [2.24, 2.45) is 0 Å². The number of hydrogen-bond acceptors (Lipinski definition) is 2. The fourth-order valence-corrected chi connectivity index (χ4v) is 2.11. The molecule has 0 heterocycles. The first-order valence-electron chi connectivity index (χ1n) is 5.08. The van der Waals surface area contributed by atoms with E-state index in [0.717, 1.165) is 0 Å². The van der Waals surface area contributed by atoms with Gasteiger partial charge < -0.3 is 9.64 Å². The topological polar surface area (TPSA) is 29.5 Å². The number of ether oxygens (including phenoxy) is 1. The molecule has 0 N–H and O–H groups in total. The molecule has 0 saturated heterocycles. The molecule has 1 aromatic rings. The van der Waals surface area contributed by atoms with Crippen molar-refractivity contribution in [2.75, 3.05) is 27.3 Å². The van der Waals surface area contributed by atoms with Gasteiger partial charge in [0.2, 0.25) is 0 Å². The fraction of sp³-hybridized carbons (Fsp3) is 0.417. The maximum Gasteiger partial charge on any atom is 0.253 e. The van der Waals surface area contributed by atoms with Gasteiger partial charge in [-0.3, -0.25) is 4.79 Å². The molecule has 0 aliphatic heterocycles. The first kappa shape index (κ1) is 13.2. The first-order chi connectivity index (χ1) is 7.65. The molecule has 1 rings (SSSR count). The largest absolute Gasteiger partial charge is 0.383 e. The highest BCUT2D eigenvalue weighted by molar-refractivity contribution is 9.09. The molecule has 88 valence electrons. The van der Waals surface area contributed by atoms with Gasteiger partial charge in [-0.15, -0.1) is 0 Å². The molecule has 3 nitrogen and oxygen atoms in total. The summed E-state index contributed by atoms with van der Waals surface area (Å²) in [7, 11) is 3.44. The molecule has 1 atom stereocenters. The van der Waals surface area contributed by atoms with E-state index >= 15 is 0 Å².